The summed E-state index contributed by atoms with van der Waals surface area (Å²) in [7, 11) is 0. The molecule has 0 bridgehead atoms. The van der Waals surface area contributed by atoms with Gasteiger partial charge in [0, 0.05) is 32.1 Å². The van der Waals surface area contributed by atoms with Crippen LogP contribution in [0.15, 0.2) is 6.33 Å². The molecular weight excluding hydrogens is 266 g/mol. The predicted molar refractivity (Wildman–Crippen MR) is 81.7 cm³/mol. The minimum atomic E-state index is 0.155. The third-order valence-electron chi connectivity index (χ3n) is 4.08. The quantitative estimate of drug-likeness (QED) is 0.865. The zero-order chi connectivity index (χ0) is 15.1. The number of aromatic nitrogens is 3. The number of nitrogens with zero attached hydrogens (tertiary/aromatic N) is 4. The lowest BCUT2D eigenvalue weighted by Crippen LogP contribution is -2.37. The Morgan fingerprint density at radius 3 is 2.71 bits per heavy atom. The van der Waals surface area contributed by atoms with Crippen LogP contribution in [0.25, 0.3) is 0 Å². The molecule has 0 radical (unpaired) electrons. The second kappa shape index (κ2) is 8.12. The minimum absolute atomic E-state index is 0.155. The van der Waals surface area contributed by atoms with Crippen molar-refractivity contribution in [1.82, 2.24) is 25.0 Å². The largest absolute Gasteiger partial charge is 0.343 e. The number of nitrogens with one attached hydrogen (secondary N) is 1. The van der Waals surface area contributed by atoms with Crippen molar-refractivity contribution in [3.05, 3.63) is 12.2 Å². The lowest BCUT2D eigenvalue weighted by molar-refractivity contribution is -0.131. The molecule has 1 fully saturated rings. The maximum atomic E-state index is 12.3. The molecule has 0 saturated carbocycles. The molecule has 1 aromatic heterocycles. The molecule has 2 rings (SSSR count). The van der Waals surface area contributed by atoms with Crippen molar-refractivity contribution in [1.29, 1.82) is 0 Å². The highest BCUT2D eigenvalue weighted by Crippen LogP contribution is 2.11. The highest BCUT2D eigenvalue weighted by Gasteiger charge is 2.18. The number of hydrogen-bond acceptors (Lipinski definition) is 4. The summed E-state index contributed by atoms with van der Waals surface area (Å²) >= 11 is 0. The summed E-state index contributed by atoms with van der Waals surface area (Å²) in [5.41, 5.74) is 0. The normalized spacial score (nSPS) is 17.5. The van der Waals surface area contributed by atoms with Crippen LogP contribution < -0.4 is 5.32 Å². The number of amides is 1. The third-order valence-corrected chi connectivity index (χ3v) is 4.08. The molecule has 1 saturated heterocycles. The van der Waals surface area contributed by atoms with Crippen molar-refractivity contribution in [2.45, 2.75) is 65.1 Å². The first kappa shape index (κ1) is 15.9. The fourth-order valence-corrected chi connectivity index (χ4v) is 2.73. The van der Waals surface area contributed by atoms with Crippen LogP contribution in [-0.4, -0.2) is 44.7 Å². The Bertz CT molecular complexity index is 437. The Labute approximate surface area is 126 Å². The molecule has 6 heteroatoms. The average Bonchev–Trinajstić information content (AvgIpc) is 2.75. The summed E-state index contributed by atoms with van der Waals surface area (Å²) in [4.78, 5) is 14.3. The molecule has 0 aliphatic carbocycles. The van der Waals surface area contributed by atoms with E-state index < -0.39 is 0 Å². The van der Waals surface area contributed by atoms with Gasteiger partial charge in [-0.3, -0.25) is 4.79 Å². The molecule has 1 N–H and O–H groups in total. The monoisotopic (exact) mass is 293 g/mol. The molecule has 1 aromatic rings. The number of hydrogen-bond donors (Lipinski definition) is 1. The van der Waals surface area contributed by atoms with Crippen molar-refractivity contribution in [2.24, 2.45) is 0 Å². The van der Waals surface area contributed by atoms with Gasteiger partial charge in [0.25, 0.3) is 0 Å². The minimum Gasteiger partial charge on any atom is -0.343 e. The van der Waals surface area contributed by atoms with Crippen LogP contribution in [0, 0.1) is 0 Å². The molecule has 1 atom stereocenters. The van der Waals surface area contributed by atoms with Crippen LogP contribution in [0.5, 0.6) is 0 Å². The standard InChI is InChI=1S/C15H27N5O/c1-3-19-12-17-18-14(19)11-16-13(2)10-15(21)20-8-6-4-5-7-9-20/h12-13,16H,3-11H2,1-2H3/t13-/m0/s1. The van der Waals surface area contributed by atoms with E-state index in [9.17, 15) is 4.79 Å². The van der Waals surface area contributed by atoms with Gasteiger partial charge in [0.15, 0.2) is 0 Å². The molecule has 1 amide bonds. The van der Waals surface area contributed by atoms with Gasteiger partial charge in [-0.15, -0.1) is 10.2 Å². The summed E-state index contributed by atoms with van der Waals surface area (Å²) < 4.78 is 2.01. The van der Waals surface area contributed by atoms with Crippen LogP contribution >= 0.6 is 0 Å². The van der Waals surface area contributed by atoms with Gasteiger partial charge in [-0.05, 0) is 26.7 Å². The fraction of sp³-hybridized carbons (Fsp3) is 0.800. The van der Waals surface area contributed by atoms with Gasteiger partial charge >= 0.3 is 0 Å². The van der Waals surface area contributed by atoms with Crippen molar-refractivity contribution in [2.75, 3.05) is 13.1 Å². The highest BCUT2D eigenvalue weighted by atomic mass is 16.2. The SMILES string of the molecule is CCn1cnnc1CN[C@@H](C)CC(=O)N1CCCCCC1. The summed E-state index contributed by atoms with van der Waals surface area (Å²) in [6.45, 7) is 7.50. The zero-order valence-electron chi connectivity index (χ0n) is 13.2. The molecule has 6 nitrogen and oxygen atoms in total. The molecule has 21 heavy (non-hydrogen) atoms. The number of carbonyl (C=O) groups is 1. The van der Waals surface area contributed by atoms with Crippen LogP contribution in [0.2, 0.25) is 0 Å². The van der Waals surface area contributed by atoms with Crippen LogP contribution in [0.3, 0.4) is 0 Å². The Morgan fingerprint density at radius 1 is 1.33 bits per heavy atom. The van der Waals surface area contributed by atoms with E-state index in [1.807, 2.05) is 9.47 Å². The van der Waals surface area contributed by atoms with Gasteiger partial charge in [0.1, 0.15) is 12.2 Å². The lowest BCUT2D eigenvalue weighted by atomic mass is 10.2. The van der Waals surface area contributed by atoms with Gasteiger partial charge in [-0.1, -0.05) is 12.8 Å². The highest BCUT2D eigenvalue weighted by molar-refractivity contribution is 5.76. The van der Waals surface area contributed by atoms with Gasteiger partial charge in [0.05, 0.1) is 6.54 Å². The zero-order valence-corrected chi connectivity index (χ0v) is 13.2. The lowest BCUT2D eigenvalue weighted by Gasteiger charge is -2.22. The molecule has 1 aliphatic rings. The molecule has 0 spiro atoms. The van der Waals surface area contributed by atoms with Crippen molar-refractivity contribution in [3.63, 3.8) is 0 Å². The van der Waals surface area contributed by atoms with E-state index in [1.54, 1.807) is 6.33 Å². The summed E-state index contributed by atoms with van der Waals surface area (Å²) in [6, 6.07) is 0.155. The molecule has 118 valence electrons. The Kier molecular flexibility index (Phi) is 6.17. The number of carbonyl (C=O) groups excluding carboxylic acids is 1. The molecular formula is C15H27N5O. The summed E-state index contributed by atoms with van der Waals surface area (Å²) in [5.74, 6) is 1.19. The Hall–Kier alpha value is -1.43. The number of aryl methyl sites for hydroxylation is 1. The van der Waals surface area contributed by atoms with E-state index in [0.29, 0.717) is 13.0 Å². The summed E-state index contributed by atoms with van der Waals surface area (Å²) in [6.07, 6.45) is 7.10. The van der Waals surface area contributed by atoms with E-state index in [-0.39, 0.29) is 11.9 Å². The average molecular weight is 293 g/mol. The Balaban J connectivity index is 1.75. The van der Waals surface area contributed by atoms with E-state index in [2.05, 4.69) is 29.4 Å². The van der Waals surface area contributed by atoms with Crippen LogP contribution in [0.1, 0.15) is 51.8 Å². The van der Waals surface area contributed by atoms with Gasteiger partial charge in [-0.25, -0.2) is 0 Å². The number of rotatable bonds is 6. The van der Waals surface area contributed by atoms with Gasteiger partial charge < -0.3 is 14.8 Å². The van der Waals surface area contributed by atoms with E-state index in [1.165, 1.54) is 12.8 Å². The smallest absolute Gasteiger partial charge is 0.224 e. The third kappa shape index (κ3) is 4.81. The number of likely N-dealkylation sites (tertiary alicyclic amines) is 1. The maximum Gasteiger partial charge on any atom is 0.224 e. The van der Waals surface area contributed by atoms with Gasteiger partial charge in [0.2, 0.25) is 5.91 Å². The van der Waals surface area contributed by atoms with E-state index in [4.69, 9.17) is 0 Å². The summed E-state index contributed by atoms with van der Waals surface area (Å²) in [5, 5.41) is 11.4. The van der Waals surface area contributed by atoms with Crippen molar-refractivity contribution < 1.29 is 4.79 Å². The first-order chi connectivity index (χ1) is 10.2. The Morgan fingerprint density at radius 2 is 2.05 bits per heavy atom. The van der Waals surface area contributed by atoms with Gasteiger partial charge in [-0.2, -0.15) is 0 Å². The van der Waals surface area contributed by atoms with E-state index >= 15 is 0 Å². The first-order valence-electron chi connectivity index (χ1n) is 8.08. The molecule has 0 unspecified atom stereocenters. The van der Waals surface area contributed by atoms with Crippen LogP contribution in [0.4, 0.5) is 0 Å². The first-order valence-corrected chi connectivity index (χ1v) is 8.08. The second-order valence-corrected chi connectivity index (χ2v) is 5.81. The van der Waals surface area contributed by atoms with Crippen molar-refractivity contribution >= 4 is 5.91 Å². The maximum absolute atomic E-state index is 12.3. The fourth-order valence-electron chi connectivity index (χ4n) is 2.73. The van der Waals surface area contributed by atoms with Crippen LogP contribution in [-0.2, 0) is 17.9 Å². The molecule has 0 aromatic carbocycles. The van der Waals surface area contributed by atoms with E-state index in [0.717, 1.165) is 38.3 Å². The topological polar surface area (TPSA) is 63.1 Å². The predicted octanol–water partition coefficient (Wildman–Crippen LogP) is 1.57. The molecule has 1 aliphatic heterocycles. The molecule has 2 heterocycles. The van der Waals surface area contributed by atoms with Crippen molar-refractivity contribution in [3.8, 4) is 0 Å². The second-order valence-electron chi connectivity index (χ2n) is 5.81.